The van der Waals surface area contributed by atoms with E-state index in [0.29, 0.717) is 11.7 Å². The van der Waals surface area contributed by atoms with E-state index >= 15 is 0 Å². The number of nitrogens with one attached hydrogen (secondary N) is 1. The molecule has 0 spiro atoms. The van der Waals surface area contributed by atoms with Crippen molar-refractivity contribution in [3.05, 3.63) is 69.8 Å². The number of fused-ring (bicyclic) bond motifs is 1. The summed E-state index contributed by atoms with van der Waals surface area (Å²) in [4.78, 5) is 42.2. The molecule has 6 heteroatoms. The average Bonchev–Trinajstić information content (AvgIpc) is 2.69. The lowest BCUT2D eigenvalue weighted by Crippen LogP contribution is -2.54. The summed E-state index contributed by atoms with van der Waals surface area (Å²) in [5.41, 5.74) is 7.16. The molecule has 182 valence electrons. The lowest BCUT2D eigenvalue weighted by Gasteiger charge is -2.46. The summed E-state index contributed by atoms with van der Waals surface area (Å²) in [5, 5.41) is 2.33. The first-order chi connectivity index (χ1) is 16.3. The van der Waals surface area contributed by atoms with Crippen molar-refractivity contribution in [2.24, 2.45) is 0 Å². The number of hydrogen-bond acceptors (Lipinski definition) is 4. The van der Waals surface area contributed by atoms with Crippen LogP contribution in [0.15, 0.2) is 42.0 Å². The molecule has 1 N–H and O–H groups in total. The molecular weight excluding hydrogens is 438 g/mol. The van der Waals surface area contributed by atoms with Crippen LogP contribution in [0.2, 0.25) is 0 Å². The number of anilines is 2. The monoisotopic (exact) mass is 471 g/mol. The highest BCUT2D eigenvalue weighted by Gasteiger charge is 2.38. The quantitative estimate of drug-likeness (QED) is 0.461. The Morgan fingerprint density at radius 3 is 2.14 bits per heavy atom. The highest BCUT2D eigenvalue weighted by molar-refractivity contribution is 6.39. The zero-order chi connectivity index (χ0) is 25.8. The smallest absolute Gasteiger partial charge is 0.335 e. The third-order valence-electron chi connectivity index (χ3n) is 6.64. The Kier molecular flexibility index (Phi) is 5.95. The van der Waals surface area contributed by atoms with E-state index in [1.54, 1.807) is 18.2 Å². The topological polar surface area (TPSA) is 69.7 Å². The summed E-state index contributed by atoms with van der Waals surface area (Å²) in [5.74, 6) is -1.31. The molecular formula is C29H33N3O3. The predicted octanol–water partition coefficient (Wildman–Crippen LogP) is 5.69. The van der Waals surface area contributed by atoms with Crippen LogP contribution in [0.3, 0.4) is 0 Å². The number of nitrogens with zero attached hydrogens (tertiary/aromatic N) is 2. The second kappa shape index (κ2) is 8.52. The SMILES string of the molecule is CC1=CC(C)(C)N(C(C)C)c2cc(C)c(/C=C3\C(=O)NC(=O)N(c4cc(C)cc(C)c4)C3=O)cc21. The first-order valence-electron chi connectivity index (χ1n) is 11.9. The molecule has 35 heavy (non-hydrogen) atoms. The third kappa shape index (κ3) is 4.29. The molecule has 2 aliphatic rings. The molecule has 0 bridgehead atoms. The van der Waals surface area contributed by atoms with Crippen molar-refractivity contribution in [3.63, 3.8) is 0 Å². The molecule has 0 atom stereocenters. The van der Waals surface area contributed by atoms with Gasteiger partial charge in [0.1, 0.15) is 5.57 Å². The Morgan fingerprint density at radius 1 is 0.914 bits per heavy atom. The minimum absolute atomic E-state index is 0.0645. The molecule has 4 rings (SSSR count). The first-order valence-corrected chi connectivity index (χ1v) is 11.9. The zero-order valence-corrected chi connectivity index (χ0v) is 21.7. The van der Waals surface area contributed by atoms with Gasteiger partial charge in [-0.15, -0.1) is 0 Å². The number of amides is 4. The minimum atomic E-state index is -0.738. The number of imide groups is 2. The molecule has 0 aromatic heterocycles. The number of allylic oxidation sites excluding steroid dienone is 1. The second-order valence-electron chi connectivity index (χ2n) is 10.5. The van der Waals surface area contributed by atoms with Crippen LogP contribution < -0.4 is 15.1 Å². The van der Waals surface area contributed by atoms with Crippen molar-refractivity contribution in [2.45, 2.75) is 67.0 Å². The van der Waals surface area contributed by atoms with Gasteiger partial charge in [0.05, 0.1) is 11.2 Å². The lowest BCUT2D eigenvalue weighted by atomic mass is 9.85. The highest BCUT2D eigenvalue weighted by atomic mass is 16.2. The molecule has 0 unspecified atom stereocenters. The molecule has 1 fully saturated rings. The van der Waals surface area contributed by atoms with E-state index in [1.165, 1.54) is 0 Å². The van der Waals surface area contributed by atoms with Gasteiger partial charge in [-0.3, -0.25) is 14.9 Å². The van der Waals surface area contributed by atoms with Crippen LogP contribution in [0.1, 0.15) is 62.4 Å². The molecule has 4 amide bonds. The van der Waals surface area contributed by atoms with Gasteiger partial charge >= 0.3 is 6.03 Å². The molecule has 2 heterocycles. The van der Waals surface area contributed by atoms with Crippen molar-refractivity contribution in [1.82, 2.24) is 5.32 Å². The molecule has 2 aromatic carbocycles. The number of barbiturate groups is 1. The van der Waals surface area contributed by atoms with Gasteiger partial charge in [0.25, 0.3) is 11.8 Å². The van der Waals surface area contributed by atoms with Crippen molar-refractivity contribution >= 4 is 40.9 Å². The van der Waals surface area contributed by atoms with E-state index in [4.69, 9.17) is 0 Å². The number of carbonyl (C=O) groups is 3. The van der Waals surface area contributed by atoms with Crippen LogP contribution >= 0.6 is 0 Å². The molecule has 1 saturated heterocycles. The molecule has 6 nitrogen and oxygen atoms in total. The van der Waals surface area contributed by atoms with E-state index in [2.05, 4.69) is 57.0 Å². The standard InChI is InChI=1S/C29H33N3O3/c1-16(2)32-25-12-19(5)21(13-23(25)20(6)15-29(32,7)8)14-24-26(33)30-28(35)31(27(24)34)22-10-17(3)9-18(4)11-22/h9-16H,1-8H3,(H,30,33,35)/b24-14+. The molecule has 2 aromatic rings. The summed E-state index contributed by atoms with van der Waals surface area (Å²) in [6.07, 6.45) is 3.85. The fourth-order valence-electron chi connectivity index (χ4n) is 5.44. The van der Waals surface area contributed by atoms with Crippen molar-refractivity contribution in [2.75, 3.05) is 9.80 Å². The summed E-state index contributed by atoms with van der Waals surface area (Å²) in [7, 11) is 0. The lowest BCUT2D eigenvalue weighted by molar-refractivity contribution is -0.122. The van der Waals surface area contributed by atoms with E-state index in [1.807, 2.05) is 32.9 Å². The fraction of sp³-hybridized carbons (Fsp3) is 0.345. The minimum Gasteiger partial charge on any atom is -0.360 e. The Hall–Kier alpha value is -3.67. The fourth-order valence-corrected chi connectivity index (χ4v) is 5.44. The first kappa shape index (κ1) is 24.5. The second-order valence-corrected chi connectivity index (χ2v) is 10.5. The van der Waals surface area contributed by atoms with Gasteiger partial charge in [0.2, 0.25) is 0 Å². The van der Waals surface area contributed by atoms with Crippen LogP contribution in [-0.2, 0) is 9.59 Å². The summed E-state index contributed by atoms with van der Waals surface area (Å²) in [6.45, 7) is 16.6. The van der Waals surface area contributed by atoms with E-state index < -0.39 is 17.8 Å². The van der Waals surface area contributed by atoms with Crippen molar-refractivity contribution in [3.8, 4) is 0 Å². The van der Waals surface area contributed by atoms with Gasteiger partial charge in [-0.2, -0.15) is 0 Å². The Bertz CT molecular complexity index is 1310. The van der Waals surface area contributed by atoms with Crippen molar-refractivity contribution < 1.29 is 14.4 Å². The Labute approximate surface area is 207 Å². The average molecular weight is 472 g/mol. The van der Waals surface area contributed by atoms with Gasteiger partial charge in [0.15, 0.2) is 0 Å². The molecule has 0 aliphatic carbocycles. The maximum atomic E-state index is 13.4. The summed E-state index contributed by atoms with van der Waals surface area (Å²) in [6, 6.07) is 9.20. The van der Waals surface area contributed by atoms with Crippen LogP contribution in [0.5, 0.6) is 0 Å². The molecule has 0 radical (unpaired) electrons. The van der Waals surface area contributed by atoms with E-state index in [0.717, 1.165) is 44.0 Å². The summed E-state index contributed by atoms with van der Waals surface area (Å²) < 4.78 is 0. The Morgan fingerprint density at radius 2 is 1.54 bits per heavy atom. The van der Waals surface area contributed by atoms with E-state index in [9.17, 15) is 14.4 Å². The maximum Gasteiger partial charge on any atom is 0.335 e. The molecule has 2 aliphatic heterocycles. The van der Waals surface area contributed by atoms with E-state index in [-0.39, 0.29) is 11.1 Å². The predicted molar refractivity (Wildman–Crippen MR) is 141 cm³/mol. The summed E-state index contributed by atoms with van der Waals surface area (Å²) >= 11 is 0. The van der Waals surface area contributed by atoms with Gasteiger partial charge in [-0.05, 0) is 114 Å². The van der Waals surface area contributed by atoms with Gasteiger partial charge in [0, 0.05) is 17.3 Å². The van der Waals surface area contributed by atoms with Crippen LogP contribution in [0.4, 0.5) is 16.2 Å². The number of urea groups is 1. The van der Waals surface area contributed by atoms with Gasteiger partial charge < -0.3 is 4.90 Å². The maximum absolute atomic E-state index is 13.4. The number of hydrogen-bond donors (Lipinski definition) is 1. The van der Waals surface area contributed by atoms with Crippen LogP contribution in [0, 0.1) is 20.8 Å². The molecule has 0 saturated carbocycles. The normalized spacial score (nSPS) is 18.7. The van der Waals surface area contributed by atoms with Crippen LogP contribution in [0.25, 0.3) is 11.6 Å². The number of benzene rings is 2. The third-order valence-corrected chi connectivity index (χ3v) is 6.64. The number of carbonyl (C=O) groups excluding carboxylic acids is 3. The Balaban J connectivity index is 1.82. The van der Waals surface area contributed by atoms with Gasteiger partial charge in [-0.25, -0.2) is 9.69 Å². The van der Waals surface area contributed by atoms with Crippen LogP contribution in [-0.4, -0.2) is 29.4 Å². The number of rotatable bonds is 3. The van der Waals surface area contributed by atoms with Crippen molar-refractivity contribution in [1.29, 1.82) is 0 Å². The van der Waals surface area contributed by atoms with Gasteiger partial charge in [-0.1, -0.05) is 12.1 Å². The largest absolute Gasteiger partial charge is 0.360 e. The zero-order valence-electron chi connectivity index (χ0n) is 21.7. The number of aryl methyl sites for hydroxylation is 3. The highest BCUT2D eigenvalue weighted by Crippen LogP contribution is 2.42.